The van der Waals surface area contributed by atoms with Crippen molar-refractivity contribution in [2.75, 3.05) is 7.11 Å². The Morgan fingerprint density at radius 1 is 1.26 bits per heavy atom. The van der Waals surface area contributed by atoms with E-state index in [9.17, 15) is 23.1 Å². The molecule has 3 rings (SSSR count). The first-order chi connectivity index (χ1) is 12.6. The lowest BCUT2D eigenvalue weighted by molar-refractivity contribution is -0.0816. The number of benzene rings is 2. The summed E-state index contributed by atoms with van der Waals surface area (Å²) in [5.41, 5.74) is -3.47. The molecule has 1 aliphatic heterocycles. The summed E-state index contributed by atoms with van der Waals surface area (Å²) in [5, 5.41) is 15.2. The molecule has 0 radical (unpaired) electrons. The van der Waals surface area contributed by atoms with Gasteiger partial charge >= 0.3 is 6.18 Å². The van der Waals surface area contributed by atoms with Gasteiger partial charge < -0.3 is 9.84 Å². The van der Waals surface area contributed by atoms with Crippen LogP contribution >= 0.6 is 11.6 Å². The number of halogens is 4. The van der Waals surface area contributed by atoms with E-state index < -0.39 is 29.9 Å². The van der Waals surface area contributed by atoms with E-state index >= 15 is 0 Å². The smallest absolute Gasteiger partial charge is 0.431 e. The number of alkyl halides is 3. The van der Waals surface area contributed by atoms with Crippen molar-refractivity contribution >= 4 is 23.2 Å². The molecule has 1 heterocycles. The number of aliphatic hydroxyl groups is 1. The Balaban J connectivity index is 2.07. The van der Waals surface area contributed by atoms with Gasteiger partial charge in [0.2, 0.25) is 0 Å². The highest BCUT2D eigenvalue weighted by molar-refractivity contribution is 6.30. The van der Waals surface area contributed by atoms with Crippen LogP contribution in [0, 0.1) is 0 Å². The van der Waals surface area contributed by atoms with Crippen LogP contribution < -0.4 is 4.74 Å². The lowest BCUT2D eigenvalue weighted by Crippen LogP contribution is -2.43. The highest BCUT2D eigenvalue weighted by Gasteiger charge is 2.53. The van der Waals surface area contributed by atoms with Gasteiger partial charge in [-0.2, -0.15) is 23.3 Å². The molecule has 0 saturated heterocycles. The van der Waals surface area contributed by atoms with E-state index in [2.05, 4.69) is 5.10 Å². The minimum absolute atomic E-state index is 0.0221. The first-order valence-corrected chi connectivity index (χ1v) is 8.14. The second kappa shape index (κ2) is 6.86. The molecule has 2 aromatic carbocycles. The Hall–Kier alpha value is -2.58. The maximum absolute atomic E-state index is 13.2. The monoisotopic (exact) mass is 398 g/mol. The average Bonchev–Trinajstić information content (AvgIpc) is 3.00. The summed E-state index contributed by atoms with van der Waals surface area (Å²) in [6.45, 7) is 0. The van der Waals surface area contributed by atoms with Crippen LogP contribution in [-0.2, 0) is 5.72 Å². The van der Waals surface area contributed by atoms with Gasteiger partial charge in [0.05, 0.1) is 13.5 Å². The largest absolute Gasteiger partial charge is 0.497 e. The third-order valence-electron chi connectivity index (χ3n) is 4.13. The van der Waals surface area contributed by atoms with Gasteiger partial charge in [-0.3, -0.25) is 4.79 Å². The van der Waals surface area contributed by atoms with Crippen LogP contribution in [0.1, 0.15) is 22.3 Å². The van der Waals surface area contributed by atoms with Gasteiger partial charge in [-0.05, 0) is 30.3 Å². The lowest BCUT2D eigenvalue weighted by Gasteiger charge is -2.31. The van der Waals surface area contributed by atoms with E-state index in [1.54, 1.807) is 6.07 Å². The molecule has 1 aliphatic rings. The Bertz CT molecular complexity index is 899. The van der Waals surface area contributed by atoms with Crippen molar-refractivity contribution < 1.29 is 27.8 Å². The summed E-state index contributed by atoms with van der Waals surface area (Å²) in [7, 11) is 1.39. The molecule has 0 aromatic heterocycles. The van der Waals surface area contributed by atoms with E-state index in [0.717, 1.165) is 0 Å². The third kappa shape index (κ3) is 3.63. The van der Waals surface area contributed by atoms with E-state index in [1.807, 2.05) is 0 Å². The second-order valence-electron chi connectivity index (χ2n) is 5.89. The van der Waals surface area contributed by atoms with Gasteiger partial charge in [0.15, 0.2) is 5.72 Å². The first kappa shape index (κ1) is 19.2. The highest BCUT2D eigenvalue weighted by atomic mass is 35.5. The number of methoxy groups -OCH3 is 1. The molecule has 1 amide bonds. The van der Waals surface area contributed by atoms with E-state index in [0.29, 0.717) is 15.8 Å². The number of amides is 1. The van der Waals surface area contributed by atoms with E-state index in [4.69, 9.17) is 16.3 Å². The Kier molecular flexibility index (Phi) is 4.88. The van der Waals surface area contributed by atoms with Gasteiger partial charge in [-0.15, -0.1) is 0 Å². The van der Waals surface area contributed by atoms with Gasteiger partial charge in [-0.25, -0.2) is 0 Å². The molecule has 1 N–H and O–H groups in total. The number of hydrogen-bond donors (Lipinski definition) is 1. The molecule has 0 fully saturated rings. The van der Waals surface area contributed by atoms with Crippen LogP contribution in [0.5, 0.6) is 5.75 Å². The quantitative estimate of drug-likeness (QED) is 0.851. The number of carbonyl (C=O) groups excluding carboxylic acids is 1. The Labute approximate surface area is 157 Å². The SMILES string of the molecule is COc1cccc(C(=O)N2N=C(C(F)(F)F)CC2(O)c2ccc(Cl)cc2)c1. The molecule has 5 nitrogen and oxygen atoms in total. The number of nitrogens with zero attached hydrogens (tertiary/aromatic N) is 2. The van der Waals surface area contributed by atoms with Gasteiger partial charge in [-0.1, -0.05) is 29.8 Å². The molecule has 1 unspecified atom stereocenters. The first-order valence-electron chi connectivity index (χ1n) is 7.77. The summed E-state index contributed by atoms with van der Waals surface area (Å²) in [5.74, 6) is -0.555. The van der Waals surface area contributed by atoms with Crippen molar-refractivity contribution in [3.63, 3.8) is 0 Å². The van der Waals surface area contributed by atoms with E-state index in [-0.39, 0.29) is 11.1 Å². The van der Waals surface area contributed by atoms with Crippen LogP contribution in [0.15, 0.2) is 53.6 Å². The fourth-order valence-corrected chi connectivity index (χ4v) is 2.86. The van der Waals surface area contributed by atoms with Gasteiger partial charge in [0.1, 0.15) is 11.5 Å². The predicted octanol–water partition coefficient (Wildman–Crippen LogP) is 3.96. The van der Waals surface area contributed by atoms with Crippen LogP contribution in [0.2, 0.25) is 5.02 Å². The highest BCUT2D eigenvalue weighted by Crippen LogP contribution is 2.40. The number of hydrazone groups is 1. The summed E-state index contributed by atoms with van der Waals surface area (Å²) in [6.07, 6.45) is -5.68. The molecular weight excluding hydrogens is 385 g/mol. The van der Waals surface area contributed by atoms with Crippen molar-refractivity contribution in [2.45, 2.75) is 18.3 Å². The molecule has 1 atom stereocenters. The lowest BCUT2D eigenvalue weighted by atomic mass is 9.96. The molecule has 0 saturated carbocycles. The summed E-state index contributed by atoms with van der Waals surface area (Å²) in [4.78, 5) is 12.9. The molecular formula is C18H14ClF3N2O3. The van der Waals surface area contributed by atoms with Gasteiger partial charge in [0, 0.05) is 16.1 Å². The van der Waals surface area contributed by atoms with Crippen molar-refractivity contribution in [2.24, 2.45) is 5.10 Å². The fourth-order valence-electron chi connectivity index (χ4n) is 2.74. The van der Waals surface area contributed by atoms with Crippen LogP contribution in [0.4, 0.5) is 13.2 Å². The summed E-state index contributed by atoms with van der Waals surface area (Å²) in [6, 6.07) is 11.4. The molecule has 27 heavy (non-hydrogen) atoms. The Morgan fingerprint density at radius 3 is 2.52 bits per heavy atom. The molecule has 0 spiro atoms. The topological polar surface area (TPSA) is 62.1 Å². The Morgan fingerprint density at radius 2 is 1.93 bits per heavy atom. The minimum Gasteiger partial charge on any atom is -0.497 e. The zero-order chi connectivity index (χ0) is 19.8. The van der Waals surface area contributed by atoms with Crippen molar-refractivity contribution in [3.05, 3.63) is 64.7 Å². The van der Waals surface area contributed by atoms with Crippen molar-refractivity contribution in [1.82, 2.24) is 5.01 Å². The van der Waals surface area contributed by atoms with Gasteiger partial charge in [0.25, 0.3) is 5.91 Å². The normalized spacial score (nSPS) is 19.8. The standard InChI is InChI=1S/C18H14ClF3N2O3/c1-27-14-4-2-3-11(9-14)16(25)24-17(26,10-15(23-24)18(20,21)22)12-5-7-13(19)8-6-12/h2-9,26H,10H2,1H3. The van der Waals surface area contributed by atoms with Crippen LogP contribution in [0.3, 0.4) is 0 Å². The van der Waals surface area contributed by atoms with Crippen molar-refractivity contribution in [1.29, 1.82) is 0 Å². The molecule has 0 bridgehead atoms. The maximum Gasteiger partial charge on any atom is 0.431 e. The van der Waals surface area contributed by atoms with Crippen LogP contribution in [-0.4, -0.2) is 35.0 Å². The van der Waals surface area contributed by atoms with Crippen molar-refractivity contribution in [3.8, 4) is 5.75 Å². The molecule has 2 aromatic rings. The second-order valence-corrected chi connectivity index (χ2v) is 6.33. The van der Waals surface area contributed by atoms with E-state index in [1.165, 1.54) is 49.6 Å². The predicted molar refractivity (Wildman–Crippen MR) is 92.6 cm³/mol. The summed E-state index contributed by atoms with van der Waals surface area (Å²) >= 11 is 5.81. The number of ether oxygens (including phenoxy) is 1. The number of carbonyl (C=O) groups is 1. The van der Waals surface area contributed by atoms with Crippen LogP contribution in [0.25, 0.3) is 0 Å². The maximum atomic E-state index is 13.2. The zero-order valence-electron chi connectivity index (χ0n) is 14.0. The molecule has 0 aliphatic carbocycles. The number of hydrogen-bond acceptors (Lipinski definition) is 4. The minimum atomic E-state index is -4.79. The average molecular weight is 399 g/mol. The molecule has 9 heteroatoms. The fraction of sp³-hybridized carbons (Fsp3) is 0.222. The third-order valence-corrected chi connectivity index (χ3v) is 4.38. The molecule has 142 valence electrons. The number of rotatable bonds is 3. The summed E-state index contributed by atoms with van der Waals surface area (Å²) < 4.78 is 44.7. The zero-order valence-corrected chi connectivity index (χ0v) is 14.8.